The highest BCUT2D eigenvalue weighted by molar-refractivity contribution is 6.05. The smallest absolute Gasteiger partial charge is 0.259 e. The number of aryl methyl sites for hydroxylation is 1. The Morgan fingerprint density at radius 1 is 0.926 bits per heavy atom. The average molecular weight is 358 g/mol. The maximum atomic E-state index is 13.2. The molecule has 1 amide bonds. The number of nitrogens with zero attached hydrogens (tertiary/aromatic N) is 2. The largest absolute Gasteiger partial charge is 0.288 e. The third-order valence-corrected chi connectivity index (χ3v) is 4.63. The molecule has 0 spiro atoms. The Hall–Kier alpha value is -2.94. The Balaban J connectivity index is 1.91. The molecule has 3 aromatic rings. The zero-order chi connectivity index (χ0) is 19.4. The summed E-state index contributed by atoms with van der Waals surface area (Å²) in [5.74, 6) is 0.608. The molecule has 1 heterocycles. The minimum Gasteiger partial charge on any atom is -0.288 e. The highest BCUT2D eigenvalue weighted by Crippen LogP contribution is 2.24. The third-order valence-electron chi connectivity index (χ3n) is 4.63. The lowest BCUT2D eigenvalue weighted by Crippen LogP contribution is -2.31. The highest BCUT2D eigenvalue weighted by atomic mass is 16.2. The molecular weight excluding hydrogens is 332 g/mol. The molecule has 3 nitrogen and oxygen atoms in total. The monoisotopic (exact) mass is 358 g/mol. The number of pyridine rings is 1. The topological polar surface area (TPSA) is 33.2 Å². The molecule has 0 fully saturated rings. The summed E-state index contributed by atoms with van der Waals surface area (Å²) in [4.78, 5) is 19.3. The predicted octanol–water partition coefficient (Wildman–Crippen LogP) is 5.53. The summed E-state index contributed by atoms with van der Waals surface area (Å²) in [6, 6.07) is 21.8. The summed E-state index contributed by atoms with van der Waals surface area (Å²) in [5.41, 5.74) is 4.26. The van der Waals surface area contributed by atoms with Crippen LogP contribution in [-0.2, 0) is 12.0 Å². The molecule has 1 aromatic heterocycles. The van der Waals surface area contributed by atoms with Gasteiger partial charge >= 0.3 is 0 Å². The second-order valence-electron chi connectivity index (χ2n) is 7.89. The van der Waals surface area contributed by atoms with Gasteiger partial charge in [0.2, 0.25) is 0 Å². The van der Waals surface area contributed by atoms with E-state index < -0.39 is 0 Å². The van der Waals surface area contributed by atoms with Crippen molar-refractivity contribution < 1.29 is 4.79 Å². The van der Waals surface area contributed by atoms with E-state index in [-0.39, 0.29) is 11.3 Å². The van der Waals surface area contributed by atoms with Gasteiger partial charge in [0.1, 0.15) is 5.82 Å². The van der Waals surface area contributed by atoms with Crippen LogP contribution >= 0.6 is 0 Å². The minimum absolute atomic E-state index is 0.0476. The summed E-state index contributed by atoms with van der Waals surface area (Å²) >= 11 is 0. The molecular formula is C24H26N2O. The number of rotatable bonds is 4. The fourth-order valence-electron chi connectivity index (χ4n) is 2.91. The van der Waals surface area contributed by atoms with Crippen LogP contribution in [0.1, 0.15) is 47.8 Å². The summed E-state index contributed by atoms with van der Waals surface area (Å²) in [7, 11) is 0. The van der Waals surface area contributed by atoms with E-state index in [1.165, 1.54) is 5.56 Å². The molecule has 0 radical (unpaired) electrons. The first-order valence-electron chi connectivity index (χ1n) is 9.23. The van der Waals surface area contributed by atoms with E-state index in [1.807, 2.05) is 49.4 Å². The van der Waals surface area contributed by atoms with E-state index in [0.717, 1.165) is 11.1 Å². The second kappa shape index (κ2) is 7.75. The Labute approximate surface area is 161 Å². The van der Waals surface area contributed by atoms with Crippen molar-refractivity contribution >= 4 is 11.7 Å². The van der Waals surface area contributed by atoms with Gasteiger partial charge in [-0.3, -0.25) is 9.69 Å². The van der Waals surface area contributed by atoms with Crippen molar-refractivity contribution in [3.63, 3.8) is 0 Å². The lowest BCUT2D eigenvalue weighted by molar-refractivity contribution is 0.0984. The maximum absolute atomic E-state index is 13.2. The predicted molar refractivity (Wildman–Crippen MR) is 111 cm³/mol. The van der Waals surface area contributed by atoms with Crippen LogP contribution in [0.5, 0.6) is 0 Å². The number of aromatic nitrogens is 1. The van der Waals surface area contributed by atoms with Gasteiger partial charge in [0, 0.05) is 11.8 Å². The van der Waals surface area contributed by atoms with Gasteiger partial charge < -0.3 is 0 Å². The van der Waals surface area contributed by atoms with E-state index in [0.29, 0.717) is 17.9 Å². The first kappa shape index (κ1) is 18.8. The Kier molecular flexibility index (Phi) is 5.41. The van der Waals surface area contributed by atoms with Gasteiger partial charge in [-0.2, -0.15) is 0 Å². The number of amides is 1. The quantitative estimate of drug-likeness (QED) is 0.614. The van der Waals surface area contributed by atoms with Crippen LogP contribution in [0.3, 0.4) is 0 Å². The normalized spacial score (nSPS) is 11.3. The van der Waals surface area contributed by atoms with Crippen LogP contribution in [0, 0.1) is 6.92 Å². The summed E-state index contributed by atoms with van der Waals surface area (Å²) in [6.45, 7) is 9.09. The molecule has 3 rings (SSSR count). The van der Waals surface area contributed by atoms with E-state index >= 15 is 0 Å². The molecule has 2 aromatic carbocycles. The van der Waals surface area contributed by atoms with E-state index in [9.17, 15) is 4.79 Å². The molecule has 0 unspecified atom stereocenters. The minimum atomic E-state index is -0.0476. The molecule has 0 N–H and O–H groups in total. The van der Waals surface area contributed by atoms with Crippen LogP contribution in [0.15, 0.2) is 72.9 Å². The number of hydrogen-bond donors (Lipinski definition) is 0. The van der Waals surface area contributed by atoms with Crippen LogP contribution in [0.25, 0.3) is 0 Å². The first-order chi connectivity index (χ1) is 12.8. The van der Waals surface area contributed by atoms with E-state index in [4.69, 9.17) is 0 Å². The maximum Gasteiger partial charge on any atom is 0.259 e. The molecule has 0 aliphatic heterocycles. The van der Waals surface area contributed by atoms with Gasteiger partial charge in [0.15, 0.2) is 0 Å². The van der Waals surface area contributed by atoms with Crippen molar-refractivity contribution in [2.45, 2.75) is 39.7 Å². The fourth-order valence-corrected chi connectivity index (χ4v) is 2.91. The molecule has 0 aliphatic rings. The van der Waals surface area contributed by atoms with Crippen molar-refractivity contribution in [1.29, 1.82) is 0 Å². The molecule has 138 valence electrons. The van der Waals surface area contributed by atoms with Gasteiger partial charge in [0.05, 0.1) is 6.54 Å². The third kappa shape index (κ3) is 4.62. The van der Waals surface area contributed by atoms with E-state index in [2.05, 4.69) is 50.0 Å². The first-order valence-corrected chi connectivity index (χ1v) is 9.23. The second-order valence-corrected chi connectivity index (χ2v) is 7.89. The van der Waals surface area contributed by atoms with Crippen molar-refractivity contribution in [3.8, 4) is 0 Å². The SMILES string of the molecule is Cc1ccc(C(=O)N(Cc2ccc(C(C)(C)C)cc2)c2ccccn2)cc1. The summed E-state index contributed by atoms with van der Waals surface area (Å²) < 4.78 is 0. The number of hydrogen-bond acceptors (Lipinski definition) is 2. The van der Waals surface area contributed by atoms with Crippen molar-refractivity contribution in [3.05, 3.63) is 95.2 Å². The zero-order valence-electron chi connectivity index (χ0n) is 16.4. The molecule has 0 bridgehead atoms. The van der Waals surface area contributed by atoms with Crippen LogP contribution in [-0.4, -0.2) is 10.9 Å². The van der Waals surface area contributed by atoms with Crippen LogP contribution in [0.4, 0.5) is 5.82 Å². The van der Waals surface area contributed by atoms with Crippen LogP contribution < -0.4 is 4.90 Å². The summed E-state index contributed by atoms with van der Waals surface area (Å²) in [5, 5.41) is 0. The van der Waals surface area contributed by atoms with Crippen molar-refractivity contribution in [2.24, 2.45) is 0 Å². The Bertz CT molecular complexity index is 892. The Morgan fingerprint density at radius 2 is 1.59 bits per heavy atom. The Morgan fingerprint density at radius 3 is 2.15 bits per heavy atom. The zero-order valence-corrected chi connectivity index (χ0v) is 16.4. The van der Waals surface area contributed by atoms with Gasteiger partial charge in [-0.15, -0.1) is 0 Å². The lowest BCUT2D eigenvalue weighted by Gasteiger charge is -2.23. The highest BCUT2D eigenvalue weighted by Gasteiger charge is 2.20. The molecule has 0 aliphatic carbocycles. The van der Waals surface area contributed by atoms with Gasteiger partial charge in [-0.05, 0) is 47.7 Å². The molecule has 0 saturated carbocycles. The molecule has 3 heteroatoms. The number of carbonyl (C=O) groups excluding carboxylic acids is 1. The number of carbonyl (C=O) groups is 1. The van der Waals surface area contributed by atoms with Crippen molar-refractivity contribution in [1.82, 2.24) is 4.98 Å². The molecule has 27 heavy (non-hydrogen) atoms. The van der Waals surface area contributed by atoms with Gasteiger partial charge in [-0.25, -0.2) is 4.98 Å². The standard InChI is InChI=1S/C24H26N2O/c1-18-8-12-20(13-9-18)23(27)26(22-7-5-6-16-25-22)17-19-10-14-21(15-11-19)24(2,3)4/h5-16H,17H2,1-4H3. The van der Waals surface area contributed by atoms with Crippen molar-refractivity contribution in [2.75, 3.05) is 4.90 Å². The van der Waals surface area contributed by atoms with Gasteiger partial charge in [-0.1, -0.05) is 68.8 Å². The molecule has 0 atom stereocenters. The fraction of sp³-hybridized carbons (Fsp3) is 0.250. The lowest BCUT2D eigenvalue weighted by atomic mass is 9.87. The van der Waals surface area contributed by atoms with E-state index in [1.54, 1.807) is 11.1 Å². The average Bonchev–Trinajstić information content (AvgIpc) is 2.66. The molecule has 0 saturated heterocycles. The number of anilines is 1. The van der Waals surface area contributed by atoms with Gasteiger partial charge in [0.25, 0.3) is 5.91 Å². The summed E-state index contributed by atoms with van der Waals surface area (Å²) in [6.07, 6.45) is 1.72. The van der Waals surface area contributed by atoms with Crippen LogP contribution in [0.2, 0.25) is 0 Å². The number of benzene rings is 2.